The highest BCUT2D eigenvalue weighted by Gasteiger charge is 2.41. The number of esters is 1. The van der Waals surface area contributed by atoms with E-state index in [-0.39, 0.29) is 12.3 Å². The molecule has 1 saturated carbocycles. The summed E-state index contributed by atoms with van der Waals surface area (Å²) in [6, 6.07) is 17.6. The molecule has 2 heterocycles. The van der Waals surface area contributed by atoms with Crippen LogP contribution in [0, 0.1) is 0 Å². The third-order valence-corrected chi connectivity index (χ3v) is 7.69. The first-order valence-corrected chi connectivity index (χ1v) is 14.8. The molecule has 1 aliphatic carbocycles. The molecule has 9 nitrogen and oxygen atoms in total. The number of methoxy groups -OCH3 is 2. The maximum Gasteiger partial charge on any atom is 0.408 e. The predicted octanol–water partition coefficient (Wildman–Crippen LogP) is 6.01. The summed E-state index contributed by atoms with van der Waals surface area (Å²) < 4.78 is 21.8. The lowest BCUT2D eigenvalue weighted by Gasteiger charge is -2.43. The Labute approximate surface area is 258 Å². The fourth-order valence-corrected chi connectivity index (χ4v) is 5.39. The maximum atomic E-state index is 12.7. The Hall–Kier alpha value is -4.50. The molecule has 1 atom stereocenters. The molecule has 0 bridgehead atoms. The first kappa shape index (κ1) is 30.9. The number of nitrogens with zero attached hydrogens (tertiary/aromatic N) is 2. The minimum absolute atomic E-state index is 0.158. The molecular weight excluding hydrogens is 558 g/mol. The van der Waals surface area contributed by atoms with Crippen molar-refractivity contribution in [3.63, 3.8) is 0 Å². The summed E-state index contributed by atoms with van der Waals surface area (Å²) in [5.74, 6) is -0.114. The summed E-state index contributed by atoms with van der Waals surface area (Å²) in [5.41, 5.74) is 4.21. The Balaban J connectivity index is 1.56. The number of hydrogen-bond acceptors (Lipinski definition) is 8. The van der Waals surface area contributed by atoms with Crippen LogP contribution in [-0.2, 0) is 29.3 Å². The molecule has 0 saturated heterocycles. The van der Waals surface area contributed by atoms with Gasteiger partial charge in [-0.1, -0.05) is 66.7 Å². The van der Waals surface area contributed by atoms with Crippen molar-refractivity contribution in [1.29, 1.82) is 0 Å². The van der Waals surface area contributed by atoms with Gasteiger partial charge in [0, 0.05) is 24.3 Å². The number of hydrogen-bond donors (Lipinski definition) is 1. The summed E-state index contributed by atoms with van der Waals surface area (Å²) in [7, 11) is 2.92. The van der Waals surface area contributed by atoms with Crippen molar-refractivity contribution < 1.29 is 28.5 Å². The van der Waals surface area contributed by atoms with Gasteiger partial charge in [-0.15, -0.1) is 0 Å². The van der Waals surface area contributed by atoms with Gasteiger partial charge in [0.2, 0.25) is 0 Å². The summed E-state index contributed by atoms with van der Waals surface area (Å²) in [6.45, 7) is 6.22. The molecule has 2 aliphatic heterocycles. The molecule has 1 amide bonds. The quantitative estimate of drug-likeness (QED) is 0.280. The number of dihydropyridines is 1. The second-order valence-electron chi connectivity index (χ2n) is 11.9. The van der Waals surface area contributed by atoms with Gasteiger partial charge in [0.25, 0.3) is 0 Å². The zero-order chi connectivity index (χ0) is 31.3. The van der Waals surface area contributed by atoms with Gasteiger partial charge >= 0.3 is 12.1 Å². The predicted molar refractivity (Wildman–Crippen MR) is 170 cm³/mol. The van der Waals surface area contributed by atoms with Crippen molar-refractivity contribution in [2.75, 3.05) is 27.4 Å². The van der Waals surface area contributed by atoms with Gasteiger partial charge in [0.15, 0.2) is 0 Å². The molecule has 1 N–H and O–H groups in total. The van der Waals surface area contributed by atoms with Crippen molar-refractivity contribution in [2.45, 2.75) is 57.2 Å². The SMILES string of the molecule is COCCOC1=CC(C(=O)OC)=NC2C=CC(c3ccccc3)=C(c3ccc(C4(NC(=O)OC(C)(C)C)CCC4)cc3)N=C12. The lowest BCUT2D eigenvalue weighted by atomic mass is 9.71. The lowest BCUT2D eigenvalue weighted by Crippen LogP contribution is -2.52. The van der Waals surface area contributed by atoms with Crippen LogP contribution < -0.4 is 5.32 Å². The Morgan fingerprint density at radius 3 is 2.32 bits per heavy atom. The summed E-state index contributed by atoms with van der Waals surface area (Å²) >= 11 is 0. The molecule has 0 radical (unpaired) electrons. The van der Waals surface area contributed by atoms with E-state index in [4.69, 9.17) is 23.9 Å². The van der Waals surface area contributed by atoms with E-state index in [2.05, 4.69) is 10.3 Å². The second kappa shape index (κ2) is 13.0. The first-order chi connectivity index (χ1) is 21.1. The molecular formula is C35H39N3O6. The monoisotopic (exact) mass is 597 g/mol. The van der Waals surface area contributed by atoms with Gasteiger partial charge < -0.3 is 24.3 Å². The van der Waals surface area contributed by atoms with E-state index in [0.717, 1.165) is 47.2 Å². The molecule has 1 fully saturated rings. The molecule has 0 spiro atoms. The third-order valence-electron chi connectivity index (χ3n) is 7.69. The van der Waals surface area contributed by atoms with Crippen LogP contribution in [0.1, 0.15) is 56.7 Å². The summed E-state index contributed by atoms with van der Waals surface area (Å²) in [4.78, 5) is 35.0. The Bertz CT molecular complexity index is 1540. The molecule has 44 heavy (non-hydrogen) atoms. The van der Waals surface area contributed by atoms with E-state index < -0.39 is 29.2 Å². The Morgan fingerprint density at radius 1 is 0.977 bits per heavy atom. The van der Waals surface area contributed by atoms with Crippen LogP contribution in [0.25, 0.3) is 11.3 Å². The number of carbonyl (C=O) groups excluding carboxylic acids is 2. The molecule has 2 aromatic carbocycles. The van der Waals surface area contributed by atoms with Gasteiger partial charge in [0.05, 0.1) is 25.0 Å². The van der Waals surface area contributed by atoms with Gasteiger partial charge in [0.1, 0.15) is 35.4 Å². The topological polar surface area (TPSA) is 108 Å². The fourth-order valence-electron chi connectivity index (χ4n) is 5.39. The van der Waals surface area contributed by atoms with E-state index in [1.165, 1.54) is 7.11 Å². The number of alkyl carbamates (subject to hydrolysis) is 1. The smallest absolute Gasteiger partial charge is 0.408 e. The van der Waals surface area contributed by atoms with Crippen LogP contribution in [0.15, 0.2) is 88.6 Å². The largest absolute Gasteiger partial charge is 0.489 e. The molecule has 3 aliphatic rings. The normalized spacial score (nSPS) is 18.9. The van der Waals surface area contributed by atoms with E-state index in [1.54, 1.807) is 13.2 Å². The van der Waals surface area contributed by atoms with Crippen molar-refractivity contribution in [2.24, 2.45) is 9.98 Å². The Morgan fingerprint density at radius 2 is 1.70 bits per heavy atom. The second-order valence-corrected chi connectivity index (χ2v) is 11.9. The van der Waals surface area contributed by atoms with Crippen LogP contribution in [-0.4, -0.2) is 62.6 Å². The number of amides is 1. The van der Waals surface area contributed by atoms with Crippen molar-refractivity contribution >= 4 is 34.8 Å². The maximum absolute atomic E-state index is 12.7. The molecule has 0 aromatic heterocycles. The number of allylic oxidation sites excluding steroid dienone is 2. The molecule has 2 aromatic rings. The third kappa shape index (κ3) is 6.83. The Kier molecular flexibility index (Phi) is 9.15. The standard InChI is InChI=1S/C35H39N3O6/c1-34(2,3)44-33(40)38-35(18-9-19-35)25-14-12-24(13-15-25)30-26(23-10-7-6-8-11-23)16-17-27-31(37-30)29(43-21-20-41-4)22-28(36-27)32(39)42-5/h6-8,10-17,22,27H,9,18-21H2,1-5H3,(H,38,40). The summed E-state index contributed by atoms with van der Waals surface area (Å²) in [6.07, 6.45) is 7.76. The highest BCUT2D eigenvalue weighted by atomic mass is 16.6. The molecule has 230 valence electrons. The number of rotatable bonds is 9. The van der Waals surface area contributed by atoms with Gasteiger partial charge in [-0.25, -0.2) is 14.6 Å². The number of aliphatic imine (C=N–C) groups is 2. The van der Waals surface area contributed by atoms with E-state index >= 15 is 0 Å². The number of benzene rings is 2. The number of ether oxygens (including phenoxy) is 4. The zero-order valence-electron chi connectivity index (χ0n) is 25.9. The molecule has 1 unspecified atom stereocenters. The van der Waals surface area contributed by atoms with Gasteiger partial charge in [-0.3, -0.25) is 4.99 Å². The van der Waals surface area contributed by atoms with Crippen LogP contribution >= 0.6 is 0 Å². The van der Waals surface area contributed by atoms with Crippen molar-refractivity contribution in [3.8, 4) is 0 Å². The lowest BCUT2D eigenvalue weighted by molar-refractivity contribution is -0.132. The number of carbonyl (C=O) groups is 2. The van der Waals surface area contributed by atoms with Crippen LogP contribution in [0.3, 0.4) is 0 Å². The van der Waals surface area contributed by atoms with E-state index in [1.807, 2.05) is 87.5 Å². The van der Waals surface area contributed by atoms with Crippen molar-refractivity contribution in [1.82, 2.24) is 5.32 Å². The van der Waals surface area contributed by atoms with Crippen molar-refractivity contribution in [3.05, 3.63) is 95.3 Å². The number of nitrogens with one attached hydrogen (secondary N) is 1. The van der Waals surface area contributed by atoms with E-state index in [0.29, 0.717) is 18.1 Å². The average molecular weight is 598 g/mol. The van der Waals surface area contributed by atoms with Gasteiger partial charge in [-0.05, 0) is 51.2 Å². The minimum atomic E-state index is -0.579. The first-order valence-electron chi connectivity index (χ1n) is 14.8. The zero-order valence-corrected chi connectivity index (χ0v) is 25.9. The van der Waals surface area contributed by atoms with Gasteiger partial charge in [-0.2, -0.15) is 0 Å². The number of fused-ring (bicyclic) bond motifs is 1. The molecule has 5 rings (SSSR count). The van der Waals surface area contributed by atoms with Crippen LogP contribution in [0.2, 0.25) is 0 Å². The van der Waals surface area contributed by atoms with Crippen LogP contribution in [0.5, 0.6) is 0 Å². The highest BCUT2D eigenvalue weighted by molar-refractivity contribution is 6.43. The molecule has 9 heteroatoms. The highest BCUT2D eigenvalue weighted by Crippen LogP contribution is 2.42. The minimum Gasteiger partial charge on any atom is -0.489 e. The average Bonchev–Trinajstić information content (AvgIpc) is 3.18. The summed E-state index contributed by atoms with van der Waals surface area (Å²) in [5, 5.41) is 3.13. The van der Waals surface area contributed by atoms with E-state index in [9.17, 15) is 9.59 Å². The fraction of sp³-hybridized carbons (Fsp3) is 0.371. The van der Waals surface area contributed by atoms with Crippen LogP contribution in [0.4, 0.5) is 4.79 Å².